The number of carbonyl (C=O) groups is 1. The molecule has 0 saturated carbocycles. The SMILES string of the molecule is COc1ccc(I)c2c1C(CO)N1C(C#N)C3CC(C(=O)O)C(C1C2)N3C.[Na]. The van der Waals surface area contributed by atoms with Crippen LogP contribution in [-0.2, 0) is 11.2 Å². The van der Waals surface area contributed by atoms with Gasteiger partial charge in [-0.3, -0.25) is 14.6 Å². The van der Waals surface area contributed by atoms with Crippen LogP contribution in [0, 0.1) is 20.8 Å². The van der Waals surface area contributed by atoms with Crippen molar-refractivity contribution in [3.8, 4) is 11.8 Å². The topological polar surface area (TPSA) is 97.0 Å². The maximum Gasteiger partial charge on any atom is 0.308 e. The second kappa shape index (κ2) is 8.38. The van der Waals surface area contributed by atoms with E-state index in [4.69, 9.17) is 4.74 Å². The number of benzene rings is 1. The Labute approximate surface area is 200 Å². The minimum absolute atomic E-state index is 0. The predicted molar refractivity (Wildman–Crippen MR) is 111 cm³/mol. The van der Waals surface area contributed by atoms with Gasteiger partial charge in [0.15, 0.2) is 0 Å². The van der Waals surface area contributed by atoms with E-state index in [1.165, 1.54) is 0 Å². The molecule has 4 rings (SSSR count). The molecule has 9 heteroatoms. The third-order valence-electron chi connectivity index (χ3n) is 6.57. The number of ether oxygens (including phenoxy) is 1. The number of hydrogen-bond donors (Lipinski definition) is 2. The number of aliphatic hydroxyl groups is 1. The summed E-state index contributed by atoms with van der Waals surface area (Å²) in [5.41, 5.74) is 2.02. The van der Waals surface area contributed by atoms with Gasteiger partial charge in [0.1, 0.15) is 11.8 Å². The zero-order chi connectivity index (χ0) is 19.5. The fourth-order valence-electron chi connectivity index (χ4n) is 5.51. The number of aliphatic carboxylic acids is 1. The van der Waals surface area contributed by atoms with E-state index in [2.05, 4.69) is 38.5 Å². The molecule has 2 N–H and O–H groups in total. The molecule has 0 aliphatic carbocycles. The first-order chi connectivity index (χ1) is 12.9. The van der Waals surface area contributed by atoms with Crippen LogP contribution in [0.3, 0.4) is 0 Å². The number of methoxy groups -OCH3 is 1. The van der Waals surface area contributed by atoms with Crippen LogP contribution in [0.2, 0.25) is 0 Å². The van der Waals surface area contributed by atoms with Gasteiger partial charge in [0.2, 0.25) is 0 Å². The van der Waals surface area contributed by atoms with E-state index in [-0.39, 0.29) is 60.3 Å². The van der Waals surface area contributed by atoms with Crippen molar-refractivity contribution in [3.63, 3.8) is 0 Å². The van der Waals surface area contributed by atoms with Crippen LogP contribution in [-0.4, -0.2) is 100 Å². The summed E-state index contributed by atoms with van der Waals surface area (Å²) in [4.78, 5) is 16.1. The molecule has 6 unspecified atom stereocenters. The quantitative estimate of drug-likeness (QED) is 0.464. The molecule has 0 spiro atoms. The maximum atomic E-state index is 11.9. The molecule has 2 fully saturated rings. The molecular formula is C19H22IN3NaO4. The van der Waals surface area contributed by atoms with Crippen molar-refractivity contribution in [2.45, 2.75) is 43.1 Å². The first-order valence-electron chi connectivity index (χ1n) is 9.02. The number of likely N-dealkylation sites (N-methyl/N-ethyl adjacent to an activating group) is 1. The third-order valence-corrected chi connectivity index (χ3v) is 7.58. The van der Waals surface area contributed by atoms with Gasteiger partial charge in [0.05, 0.1) is 31.7 Å². The van der Waals surface area contributed by atoms with Crippen molar-refractivity contribution in [2.24, 2.45) is 5.92 Å². The molecule has 28 heavy (non-hydrogen) atoms. The van der Waals surface area contributed by atoms with Gasteiger partial charge >= 0.3 is 5.97 Å². The van der Waals surface area contributed by atoms with Crippen LogP contribution in [0.1, 0.15) is 23.6 Å². The van der Waals surface area contributed by atoms with Gasteiger partial charge in [0.25, 0.3) is 0 Å². The van der Waals surface area contributed by atoms with Gasteiger partial charge in [-0.25, -0.2) is 0 Å². The molecule has 0 aromatic heterocycles. The van der Waals surface area contributed by atoms with Crippen LogP contribution in [0.25, 0.3) is 0 Å². The second-order valence-corrected chi connectivity index (χ2v) is 8.70. The number of carboxylic acids is 1. The van der Waals surface area contributed by atoms with Crippen molar-refractivity contribution >= 4 is 58.1 Å². The molecule has 3 aliphatic rings. The first-order valence-corrected chi connectivity index (χ1v) is 10.1. The number of halogens is 1. The third kappa shape index (κ3) is 3.11. The van der Waals surface area contributed by atoms with E-state index in [1.54, 1.807) is 7.11 Å². The molecule has 3 heterocycles. The average Bonchev–Trinajstić information content (AvgIpc) is 2.91. The zero-order valence-electron chi connectivity index (χ0n) is 16.2. The van der Waals surface area contributed by atoms with Crippen LogP contribution in [0.5, 0.6) is 5.75 Å². The van der Waals surface area contributed by atoms with E-state index >= 15 is 0 Å². The molecule has 7 nitrogen and oxygen atoms in total. The van der Waals surface area contributed by atoms with Crippen LogP contribution < -0.4 is 4.74 Å². The average molecular weight is 506 g/mol. The number of fused-ring (bicyclic) bond motifs is 5. The van der Waals surface area contributed by atoms with E-state index in [1.807, 2.05) is 19.2 Å². The summed E-state index contributed by atoms with van der Waals surface area (Å²) >= 11 is 2.28. The van der Waals surface area contributed by atoms with Crippen LogP contribution in [0.15, 0.2) is 12.1 Å². The van der Waals surface area contributed by atoms with Crippen molar-refractivity contribution < 1.29 is 19.7 Å². The summed E-state index contributed by atoms with van der Waals surface area (Å²) in [6.45, 7) is -0.140. The number of nitriles is 1. The van der Waals surface area contributed by atoms with Crippen molar-refractivity contribution in [2.75, 3.05) is 20.8 Å². The molecule has 145 valence electrons. The van der Waals surface area contributed by atoms with Gasteiger partial charge in [-0.05, 0) is 60.2 Å². The fraction of sp³-hybridized carbons (Fsp3) is 0.579. The maximum absolute atomic E-state index is 11.9. The number of rotatable bonds is 3. The summed E-state index contributed by atoms with van der Waals surface area (Å²) in [7, 11) is 3.54. The molecule has 6 atom stereocenters. The van der Waals surface area contributed by atoms with Crippen molar-refractivity contribution in [3.05, 3.63) is 26.8 Å². The summed E-state index contributed by atoms with van der Waals surface area (Å²) in [5, 5.41) is 30.0. The minimum atomic E-state index is -0.806. The molecular weight excluding hydrogens is 484 g/mol. The summed E-state index contributed by atoms with van der Waals surface area (Å²) in [6.07, 6.45) is 1.11. The number of aliphatic hydroxyl groups excluding tert-OH is 1. The van der Waals surface area contributed by atoms with Crippen molar-refractivity contribution in [1.82, 2.24) is 9.80 Å². The Bertz CT molecular complexity index is 832. The molecule has 1 aromatic carbocycles. The normalized spacial score (nSPS) is 34.0. The number of carboxylic acid groups (broad SMARTS) is 1. The first kappa shape index (κ1) is 22.3. The Morgan fingerprint density at radius 2 is 2.14 bits per heavy atom. The molecule has 0 amide bonds. The van der Waals surface area contributed by atoms with E-state index in [0.29, 0.717) is 18.6 Å². The standard InChI is InChI=1S/C19H22IN3O4.Na/c1-22-12-6-10(19(25)26)18(22)13-5-9-11(20)3-4-16(27-2)17(9)15(8-24)23(13)14(12)7-21;/h3-4,10,12-15,18,24H,5-6,8H2,1-2H3,(H,25,26);. The molecule has 2 saturated heterocycles. The summed E-state index contributed by atoms with van der Waals surface area (Å²) in [6, 6.07) is 4.99. The molecule has 1 aromatic rings. The number of piperazine rings is 1. The van der Waals surface area contributed by atoms with Crippen LogP contribution >= 0.6 is 22.6 Å². The Hall–Kier alpha value is -0.410. The van der Waals surface area contributed by atoms with E-state index in [9.17, 15) is 20.3 Å². The number of nitrogens with zero attached hydrogens (tertiary/aromatic N) is 3. The van der Waals surface area contributed by atoms with E-state index in [0.717, 1.165) is 14.7 Å². The van der Waals surface area contributed by atoms with Crippen LogP contribution in [0.4, 0.5) is 0 Å². The predicted octanol–water partition coefficient (Wildman–Crippen LogP) is 0.858. The van der Waals surface area contributed by atoms with Gasteiger partial charge in [-0.1, -0.05) is 0 Å². The van der Waals surface area contributed by atoms with E-state index < -0.39 is 17.9 Å². The largest absolute Gasteiger partial charge is 0.496 e. The Balaban J connectivity index is 0.00000225. The second-order valence-electron chi connectivity index (χ2n) is 7.54. The van der Waals surface area contributed by atoms with Crippen molar-refractivity contribution in [1.29, 1.82) is 5.26 Å². The smallest absolute Gasteiger partial charge is 0.308 e. The van der Waals surface area contributed by atoms with Gasteiger partial charge in [0, 0.05) is 56.8 Å². The Kier molecular flexibility index (Phi) is 6.67. The minimum Gasteiger partial charge on any atom is -0.496 e. The molecule has 1 radical (unpaired) electrons. The Morgan fingerprint density at radius 3 is 2.71 bits per heavy atom. The Morgan fingerprint density at radius 1 is 1.43 bits per heavy atom. The number of hydrogen-bond acceptors (Lipinski definition) is 6. The van der Waals surface area contributed by atoms with Gasteiger partial charge < -0.3 is 14.9 Å². The molecule has 3 aliphatic heterocycles. The monoisotopic (exact) mass is 506 g/mol. The fourth-order valence-corrected chi connectivity index (χ4v) is 6.20. The summed E-state index contributed by atoms with van der Waals surface area (Å²) in [5.74, 6) is -0.602. The zero-order valence-corrected chi connectivity index (χ0v) is 20.3. The molecule has 2 bridgehead atoms. The summed E-state index contributed by atoms with van der Waals surface area (Å²) < 4.78 is 6.64. The van der Waals surface area contributed by atoms with Gasteiger partial charge in [-0.2, -0.15) is 5.26 Å². The van der Waals surface area contributed by atoms with Gasteiger partial charge in [-0.15, -0.1) is 0 Å².